The van der Waals surface area contributed by atoms with E-state index in [9.17, 15) is 4.79 Å². The van der Waals surface area contributed by atoms with E-state index in [0.717, 1.165) is 19.5 Å². The third kappa shape index (κ3) is 5.50. The van der Waals surface area contributed by atoms with Crippen molar-refractivity contribution >= 4 is 5.97 Å². The highest BCUT2D eigenvalue weighted by molar-refractivity contribution is 5.66. The van der Waals surface area contributed by atoms with Crippen LogP contribution in [0.2, 0.25) is 0 Å². The lowest BCUT2D eigenvalue weighted by Gasteiger charge is -2.12. The Balaban J connectivity index is 2.00. The molecule has 0 aliphatic carbocycles. The number of aromatic nitrogens is 2. The Morgan fingerprint density at radius 2 is 2.44 bits per heavy atom. The molecule has 1 unspecified atom stereocenters. The van der Waals surface area contributed by atoms with Crippen LogP contribution in [0.25, 0.3) is 0 Å². The predicted molar refractivity (Wildman–Crippen MR) is 61.2 cm³/mol. The van der Waals surface area contributed by atoms with Gasteiger partial charge in [-0.1, -0.05) is 0 Å². The summed E-state index contributed by atoms with van der Waals surface area (Å²) in [4.78, 5) is 10.3. The molecule has 0 aliphatic rings. The van der Waals surface area contributed by atoms with E-state index in [1.807, 2.05) is 23.9 Å². The van der Waals surface area contributed by atoms with E-state index >= 15 is 0 Å². The molecule has 1 rings (SSSR count). The number of carbonyl (C=O) groups is 1. The molecule has 0 aromatic carbocycles. The number of nitrogens with one attached hydrogen (secondary N) is 1. The number of aliphatic carboxylic acids is 1. The number of carboxylic acid groups (broad SMARTS) is 1. The van der Waals surface area contributed by atoms with Crippen molar-refractivity contribution in [2.75, 3.05) is 6.54 Å². The van der Waals surface area contributed by atoms with Crippen LogP contribution in [0.15, 0.2) is 18.5 Å². The van der Waals surface area contributed by atoms with Gasteiger partial charge in [0.25, 0.3) is 0 Å². The van der Waals surface area contributed by atoms with Crippen LogP contribution in [0, 0.1) is 0 Å². The van der Waals surface area contributed by atoms with Crippen molar-refractivity contribution in [3.63, 3.8) is 0 Å². The zero-order valence-electron chi connectivity index (χ0n) is 9.59. The molecule has 0 fully saturated rings. The average molecular weight is 225 g/mol. The van der Waals surface area contributed by atoms with Gasteiger partial charge in [-0.15, -0.1) is 0 Å². The summed E-state index contributed by atoms with van der Waals surface area (Å²) >= 11 is 0. The summed E-state index contributed by atoms with van der Waals surface area (Å²) in [6.07, 6.45) is 5.61. The van der Waals surface area contributed by atoms with Crippen molar-refractivity contribution in [2.24, 2.45) is 0 Å². The van der Waals surface area contributed by atoms with Crippen molar-refractivity contribution in [3.05, 3.63) is 18.5 Å². The molecule has 0 saturated carbocycles. The van der Waals surface area contributed by atoms with Gasteiger partial charge in [0.05, 0.1) is 0 Å². The fourth-order valence-corrected chi connectivity index (χ4v) is 1.46. The zero-order valence-corrected chi connectivity index (χ0v) is 9.59. The molecule has 0 aliphatic heterocycles. The zero-order chi connectivity index (χ0) is 11.8. The first-order valence-electron chi connectivity index (χ1n) is 5.61. The number of nitrogens with zero attached hydrogens (tertiary/aromatic N) is 2. The molecule has 0 spiro atoms. The minimum atomic E-state index is -0.731. The molecule has 16 heavy (non-hydrogen) atoms. The SMILES string of the molecule is CC(CCC(=O)O)NCCCn1cccn1. The van der Waals surface area contributed by atoms with Crippen molar-refractivity contribution < 1.29 is 9.90 Å². The van der Waals surface area contributed by atoms with Crippen LogP contribution in [0.1, 0.15) is 26.2 Å². The summed E-state index contributed by atoms with van der Waals surface area (Å²) in [5.74, 6) is -0.731. The fraction of sp³-hybridized carbons (Fsp3) is 0.636. The van der Waals surface area contributed by atoms with Crippen LogP contribution in [0.4, 0.5) is 0 Å². The normalized spacial score (nSPS) is 12.6. The van der Waals surface area contributed by atoms with Gasteiger partial charge < -0.3 is 10.4 Å². The average Bonchev–Trinajstić information content (AvgIpc) is 2.74. The third-order valence-corrected chi connectivity index (χ3v) is 2.41. The van der Waals surface area contributed by atoms with Gasteiger partial charge in [0.2, 0.25) is 0 Å². The maximum absolute atomic E-state index is 10.3. The lowest BCUT2D eigenvalue weighted by Crippen LogP contribution is -2.28. The Kier molecular flexibility index (Phi) is 5.56. The maximum atomic E-state index is 10.3. The third-order valence-electron chi connectivity index (χ3n) is 2.41. The molecule has 1 heterocycles. The van der Waals surface area contributed by atoms with E-state index in [2.05, 4.69) is 10.4 Å². The van der Waals surface area contributed by atoms with Crippen molar-refractivity contribution in [3.8, 4) is 0 Å². The molecule has 0 bridgehead atoms. The molecular formula is C11H19N3O2. The van der Waals surface area contributed by atoms with Gasteiger partial charge in [0.1, 0.15) is 0 Å². The Labute approximate surface area is 95.5 Å². The number of carboxylic acids is 1. The standard InChI is InChI=1S/C11H19N3O2/c1-10(4-5-11(15)16)12-6-2-8-14-9-3-7-13-14/h3,7,9-10,12H,2,4-6,8H2,1H3,(H,15,16). The van der Waals surface area contributed by atoms with Crippen molar-refractivity contribution in [1.82, 2.24) is 15.1 Å². The van der Waals surface area contributed by atoms with Crippen molar-refractivity contribution in [1.29, 1.82) is 0 Å². The Bertz CT molecular complexity index is 298. The monoisotopic (exact) mass is 225 g/mol. The number of rotatable bonds is 8. The minimum Gasteiger partial charge on any atom is -0.481 e. The molecule has 5 nitrogen and oxygen atoms in total. The smallest absolute Gasteiger partial charge is 0.303 e. The molecule has 1 aromatic heterocycles. The quantitative estimate of drug-likeness (QED) is 0.650. The van der Waals surface area contributed by atoms with E-state index in [4.69, 9.17) is 5.11 Å². The Morgan fingerprint density at radius 1 is 1.62 bits per heavy atom. The molecule has 1 aromatic rings. The molecule has 0 radical (unpaired) electrons. The van der Waals surface area contributed by atoms with E-state index < -0.39 is 5.97 Å². The van der Waals surface area contributed by atoms with Gasteiger partial charge in [-0.2, -0.15) is 5.10 Å². The van der Waals surface area contributed by atoms with Gasteiger partial charge >= 0.3 is 5.97 Å². The van der Waals surface area contributed by atoms with Crippen LogP contribution in [0.5, 0.6) is 0 Å². The van der Waals surface area contributed by atoms with E-state index in [1.54, 1.807) is 6.20 Å². The van der Waals surface area contributed by atoms with Gasteiger partial charge in [0.15, 0.2) is 0 Å². The first kappa shape index (κ1) is 12.7. The Hall–Kier alpha value is -1.36. The number of hydrogen-bond acceptors (Lipinski definition) is 3. The summed E-state index contributed by atoms with van der Waals surface area (Å²) < 4.78 is 1.89. The first-order valence-corrected chi connectivity index (χ1v) is 5.61. The highest BCUT2D eigenvalue weighted by Crippen LogP contribution is 1.96. The molecule has 0 saturated heterocycles. The van der Waals surface area contributed by atoms with Crippen LogP contribution in [-0.4, -0.2) is 33.4 Å². The summed E-state index contributed by atoms with van der Waals surface area (Å²) in [7, 11) is 0. The molecule has 1 atom stereocenters. The lowest BCUT2D eigenvalue weighted by atomic mass is 10.2. The molecular weight excluding hydrogens is 206 g/mol. The maximum Gasteiger partial charge on any atom is 0.303 e. The number of hydrogen-bond donors (Lipinski definition) is 2. The lowest BCUT2D eigenvalue weighted by molar-refractivity contribution is -0.137. The number of aryl methyl sites for hydroxylation is 1. The van der Waals surface area contributed by atoms with Gasteiger partial charge in [-0.25, -0.2) is 0 Å². The Morgan fingerprint density at radius 3 is 3.06 bits per heavy atom. The predicted octanol–water partition coefficient (Wildman–Crippen LogP) is 1.12. The van der Waals surface area contributed by atoms with E-state index in [1.165, 1.54) is 0 Å². The topological polar surface area (TPSA) is 67.2 Å². The molecule has 0 amide bonds. The highest BCUT2D eigenvalue weighted by Gasteiger charge is 2.03. The van der Waals surface area contributed by atoms with E-state index in [-0.39, 0.29) is 12.5 Å². The molecule has 90 valence electrons. The largest absolute Gasteiger partial charge is 0.481 e. The second-order valence-corrected chi connectivity index (χ2v) is 3.91. The summed E-state index contributed by atoms with van der Waals surface area (Å²) in [5.41, 5.74) is 0. The van der Waals surface area contributed by atoms with Crippen LogP contribution in [0.3, 0.4) is 0 Å². The van der Waals surface area contributed by atoms with E-state index in [0.29, 0.717) is 6.42 Å². The fourth-order valence-electron chi connectivity index (χ4n) is 1.46. The van der Waals surface area contributed by atoms with Crippen LogP contribution in [-0.2, 0) is 11.3 Å². The molecule has 5 heteroatoms. The summed E-state index contributed by atoms with van der Waals surface area (Å²) in [6.45, 7) is 3.79. The van der Waals surface area contributed by atoms with Crippen LogP contribution < -0.4 is 5.32 Å². The van der Waals surface area contributed by atoms with Gasteiger partial charge in [-0.05, 0) is 32.4 Å². The van der Waals surface area contributed by atoms with Gasteiger partial charge in [0, 0.05) is 31.4 Å². The molecule has 2 N–H and O–H groups in total. The van der Waals surface area contributed by atoms with Crippen LogP contribution >= 0.6 is 0 Å². The van der Waals surface area contributed by atoms with Gasteiger partial charge in [-0.3, -0.25) is 9.48 Å². The summed E-state index contributed by atoms with van der Waals surface area (Å²) in [5, 5.41) is 15.9. The second kappa shape index (κ2) is 7.00. The highest BCUT2D eigenvalue weighted by atomic mass is 16.4. The summed E-state index contributed by atoms with van der Waals surface area (Å²) in [6, 6.07) is 2.16. The second-order valence-electron chi connectivity index (χ2n) is 3.91. The minimum absolute atomic E-state index is 0.229. The van der Waals surface area contributed by atoms with Crippen molar-refractivity contribution in [2.45, 2.75) is 38.8 Å². The first-order chi connectivity index (χ1) is 7.68.